The zero-order chi connectivity index (χ0) is 18.8. The summed E-state index contributed by atoms with van der Waals surface area (Å²) in [6, 6.07) is 4.32. The molecule has 0 radical (unpaired) electrons. The minimum atomic E-state index is -0.352. The molecule has 25 heavy (non-hydrogen) atoms. The average Bonchev–Trinajstić information content (AvgIpc) is 2.52. The Morgan fingerprint density at radius 2 is 1.60 bits per heavy atom. The summed E-state index contributed by atoms with van der Waals surface area (Å²) in [6.07, 6.45) is 1.50. The van der Waals surface area contributed by atoms with Crippen LogP contribution < -0.4 is 5.32 Å². The number of aryl methyl sites for hydroxylation is 3. The smallest absolute Gasteiger partial charge is 0.227 e. The van der Waals surface area contributed by atoms with Crippen molar-refractivity contribution in [3.8, 4) is 0 Å². The molecule has 1 aromatic rings. The molecule has 1 fully saturated rings. The molecule has 1 aliphatic heterocycles. The minimum absolute atomic E-state index is 0.00933. The molecule has 1 saturated heterocycles. The molecule has 4 nitrogen and oxygen atoms in total. The van der Waals surface area contributed by atoms with Crippen LogP contribution in [0.15, 0.2) is 12.1 Å². The van der Waals surface area contributed by atoms with Gasteiger partial charge in [-0.3, -0.25) is 9.59 Å². The number of hydrogen-bond donors (Lipinski definition) is 1. The molecule has 4 heteroatoms. The predicted octanol–water partition coefficient (Wildman–Crippen LogP) is 3.51. The zero-order valence-electron chi connectivity index (χ0n) is 16.5. The highest BCUT2D eigenvalue weighted by molar-refractivity contribution is 5.82. The van der Waals surface area contributed by atoms with Gasteiger partial charge in [-0.2, -0.15) is 0 Å². The van der Waals surface area contributed by atoms with E-state index in [1.165, 1.54) is 22.3 Å². The third-order valence-electron chi connectivity index (χ3n) is 5.07. The quantitative estimate of drug-likeness (QED) is 0.912. The Hall–Kier alpha value is -1.84. The van der Waals surface area contributed by atoms with Crippen molar-refractivity contribution in [2.75, 3.05) is 13.1 Å². The number of hydrogen-bond acceptors (Lipinski definition) is 2. The van der Waals surface area contributed by atoms with Gasteiger partial charge >= 0.3 is 0 Å². The summed E-state index contributed by atoms with van der Waals surface area (Å²) >= 11 is 0. The fourth-order valence-corrected chi connectivity index (χ4v) is 3.63. The van der Waals surface area contributed by atoms with Crippen LogP contribution in [-0.2, 0) is 16.1 Å². The lowest BCUT2D eigenvalue weighted by Gasteiger charge is -2.35. The number of carbonyl (C=O) groups is 2. The number of amides is 2. The summed E-state index contributed by atoms with van der Waals surface area (Å²) in [5, 5.41) is 3.10. The second-order valence-corrected chi connectivity index (χ2v) is 8.41. The largest absolute Gasteiger partial charge is 0.352 e. The Balaban J connectivity index is 1.89. The van der Waals surface area contributed by atoms with E-state index in [0.29, 0.717) is 19.6 Å². The number of likely N-dealkylation sites (tertiary alicyclic amines) is 1. The van der Waals surface area contributed by atoms with Crippen LogP contribution in [0.25, 0.3) is 0 Å². The highest BCUT2D eigenvalue weighted by atomic mass is 16.2. The van der Waals surface area contributed by atoms with E-state index in [4.69, 9.17) is 0 Å². The van der Waals surface area contributed by atoms with Crippen molar-refractivity contribution in [3.05, 3.63) is 34.4 Å². The van der Waals surface area contributed by atoms with E-state index in [0.717, 1.165) is 12.8 Å². The van der Waals surface area contributed by atoms with Crippen molar-refractivity contribution in [1.29, 1.82) is 0 Å². The van der Waals surface area contributed by atoms with Gasteiger partial charge < -0.3 is 10.2 Å². The number of rotatable bonds is 3. The average molecular weight is 344 g/mol. The van der Waals surface area contributed by atoms with E-state index in [1.807, 2.05) is 25.7 Å². The van der Waals surface area contributed by atoms with Crippen LogP contribution in [0.2, 0.25) is 0 Å². The molecule has 1 N–H and O–H groups in total. The van der Waals surface area contributed by atoms with Gasteiger partial charge in [0.2, 0.25) is 11.8 Å². The first-order chi connectivity index (χ1) is 11.6. The lowest BCUT2D eigenvalue weighted by atomic mass is 9.90. The first-order valence-corrected chi connectivity index (χ1v) is 9.23. The number of nitrogens with zero attached hydrogens (tertiary/aromatic N) is 1. The number of nitrogens with one attached hydrogen (secondary N) is 1. The molecule has 0 saturated carbocycles. The Morgan fingerprint density at radius 1 is 1.08 bits per heavy atom. The van der Waals surface area contributed by atoms with Gasteiger partial charge in [0.1, 0.15) is 0 Å². The first-order valence-electron chi connectivity index (χ1n) is 9.23. The van der Waals surface area contributed by atoms with Crippen LogP contribution in [0.5, 0.6) is 0 Å². The second-order valence-electron chi connectivity index (χ2n) is 8.41. The molecule has 2 rings (SSSR count). The summed E-state index contributed by atoms with van der Waals surface area (Å²) < 4.78 is 0. The third kappa shape index (κ3) is 4.83. The second kappa shape index (κ2) is 7.59. The fourth-order valence-electron chi connectivity index (χ4n) is 3.63. The van der Waals surface area contributed by atoms with Crippen molar-refractivity contribution in [2.45, 2.75) is 60.9 Å². The molecule has 1 aromatic carbocycles. The molecule has 1 aliphatic rings. The highest BCUT2D eigenvalue weighted by Crippen LogP contribution is 2.24. The topological polar surface area (TPSA) is 49.4 Å². The van der Waals surface area contributed by atoms with Gasteiger partial charge in [0.05, 0.1) is 0 Å². The van der Waals surface area contributed by atoms with Gasteiger partial charge in [-0.1, -0.05) is 38.5 Å². The molecule has 1 heterocycles. The van der Waals surface area contributed by atoms with Crippen LogP contribution >= 0.6 is 0 Å². The van der Waals surface area contributed by atoms with Gasteiger partial charge in [0, 0.05) is 31.0 Å². The zero-order valence-corrected chi connectivity index (χ0v) is 16.5. The lowest BCUT2D eigenvalue weighted by molar-refractivity contribution is -0.142. The fraction of sp³-hybridized carbons (Fsp3) is 0.619. The highest BCUT2D eigenvalue weighted by Gasteiger charge is 2.32. The number of piperidine rings is 1. The molecular weight excluding hydrogens is 312 g/mol. The van der Waals surface area contributed by atoms with E-state index in [-0.39, 0.29) is 23.1 Å². The van der Waals surface area contributed by atoms with Crippen molar-refractivity contribution in [1.82, 2.24) is 10.2 Å². The number of carbonyl (C=O) groups excluding carboxylic acids is 2. The van der Waals surface area contributed by atoms with E-state index >= 15 is 0 Å². The van der Waals surface area contributed by atoms with Gasteiger partial charge in [0.15, 0.2) is 0 Å². The normalized spacial score (nSPS) is 16.0. The van der Waals surface area contributed by atoms with Crippen LogP contribution in [-0.4, -0.2) is 29.8 Å². The summed E-state index contributed by atoms with van der Waals surface area (Å²) in [4.78, 5) is 26.8. The molecule has 0 unspecified atom stereocenters. The monoisotopic (exact) mass is 344 g/mol. The molecular formula is C21H32N2O2. The first kappa shape index (κ1) is 19.5. The maximum atomic E-state index is 12.5. The maximum absolute atomic E-state index is 12.5. The predicted molar refractivity (Wildman–Crippen MR) is 101 cm³/mol. The van der Waals surface area contributed by atoms with Crippen LogP contribution in [0.3, 0.4) is 0 Å². The molecule has 2 amide bonds. The van der Waals surface area contributed by atoms with Crippen LogP contribution in [0.1, 0.15) is 55.9 Å². The van der Waals surface area contributed by atoms with Crippen LogP contribution in [0.4, 0.5) is 0 Å². The Bertz CT molecular complexity index is 627. The SMILES string of the molecule is Cc1cc(C)c(CNC(=O)C2CCN(C(=O)C(C)(C)C)CC2)c(C)c1. The van der Waals surface area contributed by atoms with Gasteiger partial charge in [-0.15, -0.1) is 0 Å². The summed E-state index contributed by atoms with van der Waals surface area (Å²) in [7, 11) is 0. The van der Waals surface area contributed by atoms with Gasteiger partial charge in [-0.05, 0) is 50.3 Å². The Morgan fingerprint density at radius 3 is 2.08 bits per heavy atom. The molecule has 0 bridgehead atoms. The summed E-state index contributed by atoms with van der Waals surface area (Å²) in [5.74, 6) is 0.301. The molecule has 0 aliphatic carbocycles. The van der Waals surface area contributed by atoms with E-state index in [1.54, 1.807) is 0 Å². The van der Waals surface area contributed by atoms with E-state index in [2.05, 4.69) is 38.2 Å². The van der Waals surface area contributed by atoms with Crippen molar-refractivity contribution < 1.29 is 9.59 Å². The lowest BCUT2D eigenvalue weighted by Crippen LogP contribution is -2.46. The van der Waals surface area contributed by atoms with Gasteiger partial charge in [-0.25, -0.2) is 0 Å². The maximum Gasteiger partial charge on any atom is 0.227 e. The van der Waals surface area contributed by atoms with Crippen molar-refractivity contribution >= 4 is 11.8 Å². The molecule has 0 spiro atoms. The summed E-state index contributed by atoms with van der Waals surface area (Å²) in [6.45, 7) is 14.1. The Labute approximate surface area is 152 Å². The molecule has 0 aromatic heterocycles. The standard InChI is InChI=1S/C21H32N2O2/c1-14-11-15(2)18(16(3)12-14)13-22-19(24)17-7-9-23(10-8-17)20(25)21(4,5)6/h11-12,17H,7-10,13H2,1-6H3,(H,22,24). The Kier molecular flexibility index (Phi) is 5.91. The minimum Gasteiger partial charge on any atom is -0.352 e. The molecule has 138 valence electrons. The van der Waals surface area contributed by atoms with Crippen LogP contribution in [0, 0.1) is 32.1 Å². The number of benzene rings is 1. The van der Waals surface area contributed by atoms with Gasteiger partial charge in [0.25, 0.3) is 0 Å². The van der Waals surface area contributed by atoms with Crippen molar-refractivity contribution in [2.24, 2.45) is 11.3 Å². The van der Waals surface area contributed by atoms with Crippen molar-refractivity contribution in [3.63, 3.8) is 0 Å². The van der Waals surface area contributed by atoms with E-state index in [9.17, 15) is 9.59 Å². The molecule has 0 atom stereocenters. The third-order valence-corrected chi connectivity index (χ3v) is 5.07. The summed E-state index contributed by atoms with van der Waals surface area (Å²) in [5.41, 5.74) is 4.56. The van der Waals surface area contributed by atoms with E-state index < -0.39 is 0 Å².